The van der Waals surface area contributed by atoms with Gasteiger partial charge in [-0.15, -0.1) is 0 Å². The van der Waals surface area contributed by atoms with Crippen molar-refractivity contribution < 1.29 is 4.42 Å². The highest BCUT2D eigenvalue weighted by atomic mass is 16.3. The van der Waals surface area contributed by atoms with Crippen LogP contribution in [-0.2, 0) is 6.54 Å². The Hall–Kier alpha value is -1.31. The number of nitrogens with zero attached hydrogens (tertiary/aromatic N) is 3. The molecule has 2 aliphatic heterocycles. The van der Waals surface area contributed by atoms with Gasteiger partial charge in [-0.1, -0.05) is 0 Å². The quantitative estimate of drug-likeness (QED) is 0.833. The molecule has 4 nitrogen and oxygen atoms in total. The summed E-state index contributed by atoms with van der Waals surface area (Å²) in [5.74, 6) is 1.30. The highest BCUT2D eigenvalue weighted by molar-refractivity contribution is 4.99. The lowest BCUT2D eigenvalue weighted by Crippen LogP contribution is -2.46. The van der Waals surface area contributed by atoms with E-state index in [1.165, 1.54) is 12.8 Å². The summed E-state index contributed by atoms with van der Waals surface area (Å²) < 4.78 is 5.43. The molecule has 0 spiro atoms. The van der Waals surface area contributed by atoms with Crippen LogP contribution in [0.15, 0.2) is 22.8 Å². The average molecular weight is 259 g/mol. The lowest BCUT2D eigenvalue weighted by atomic mass is 10.0. The summed E-state index contributed by atoms with van der Waals surface area (Å²) in [6.07, 6.45) is 5.31. The molecule has 4 heteroatoms. The third kappa shape index (κ3) is 2.99. The van der Waals surface area contributed by atoms with Crippen molar-refractivity contribution in [2.24, 2.45) is 5.92 Å². The Morgan fingerprint density at radius 1 is 1.32 bits per heavy atom. The van der Waals surface area contributed by atoms with Gasteiger partial charge in [-0.2, -0.15) is 5.26 Å². The molecule has 2 saturated heterocycles. The van der Waals surface area contributed by atoms with E-state index in [-0.39, 0.29) is 5.92 Å². The van der Waals surface area contributed by atoms with Crippen LogP contribution in [0.2, 0.25) is 0 Å². The second kappa shape index (κ2) is 5.77. The summed E-state index contributed by atoms with van der Waals surface area (Å²) in [5.41, 5.74) is 0. The molecular weight excluding hydrogens is 238 g/mol. The van der Waals surface area contributed by atoms with Crippen LogP contribution in [0.5, 0.6) is 0 Å². The van der Waals surface area contributed by atoms with Gasteiger partial charge in [0, 0.05) is 19.1 Å². The summed E-state index contributed by atoms with van der Waals surface area (Å²) in [4.78, 5) is 4.99. The van der Waals surface area contributed by atoms with Gasteiger partial charge in [0.25, 0.3) is 0 Å². The number of hydrogen-bond donors (Lipinski definition) is 0. The van der Waals surface area contributed by atoms with E-state index in [1.54, 1.807) is 6.26 Å². The van der Waals surface area contributed by atoms with E-state index in [0.29, 0.717) is 6.04 Å². The van der Waals surface area contributed by atoms with E-state index in [4.69, 9.17) is 9.68 Å². The van der Waals surface area contributed by atoms with Gasteiger partial charge in [-0.05, 0) is 44.5 Å². The van der Waals surface area contributed by atoms with E-state index >= 15 is 0 Å². The van der Waals surface area contributed by atoms with Crippen LogP contribution < -0.4 is 0 Å². The normalized spacial score (nSPS) is 29.4. The van der Waals surface area contributed by atoms with Crippen LogP contribution in [0.25, 0.3) is 0 Å². The number of likely N-dealkylation sites (tertiary alicyclic amines) is 2. The van der Waals surface area contributed by atoms with Crippen LogP contribution in [-0.4, -0.2) is 42.0 Å². The Labute approximate surface area is 114 Å². The van der Waals surface area contributed by atoms with Gasteiger partial charge in [0.1, 0.15) is 5.76 Å². The second-order valence-corrected chi connectivity index (χ2v) is 5.72. The molecule has 1 aromatic rings. The zero-order valence-electron chi connectivity index (χ0n) is 11.3. The summed E-state index contributed by atoms with van der Waals surface area (Å²) >= 11 is 0. The number of hydrogen-bond acceptors (Lipinski definition) is 4. The molecule has 0 radical (unpaired) electrons. The number of piperidine rings is 1. The maximum atomic E-state index is 9.01. The maximum Gasteiger partial charge on any atom is 0.117 e. The highest BCUT2D eigenvalue weighted by Gasteiger charge is 2.31. The minimum Gasteiger partial charge on any atom is -0.468 e. The molecular formula is C15H21N3O. The van der Waals surface area contributed by atoms with Gasteiger partial charge in [-0.3, -0.25) is 9.80 Å². The van der Waals surface area contributed by atoms with Gasteiger partial charge < -0.3 is 4.42 Å². The van der Waals surface area contributed by atoms with Crippen molar-refractivity contribution in [3.63, 3.8) is 0 Å². The minimum absolute atomic E-state index is 0.250. The largest absolute Gasteiger partial charge is 0.468 e. The van der Waals surface area contributed by atoms with E-state index in [2.05, 4.69) is 15.9 Å². The van der Waals surface area contributed by atoms with Crippen molar-refractivity contribution in [3.8, 4) is 6.07 Å². The first-order valence-electron chi connectivity index (χ1n) is 7.23. The molecule has 2 unspecified atom stereocenters. The Morgan fingerprint density at radius 2 is 2.26 bits per heavy atom. The molecule has 0 amide bonds. The predicted octanol–water partition coefficient (Wildman–Crippen LogP) is 2.09. The molecule has 2 aliphatic rings. The van der Waals surface area contributed by atoms with Crippen molar-refractivity contribution in [1.29, 1.82) is 5.26 Å². The number of furan rings is 1. The molecule has 1 aromatic heterocycles. The van der Waals surface area contributed by atoms with Gasteiger partial charge >= 0.3 is 0 Å². The summed E-state index contributed by atoms with van der Waals surface area (Å²) in [6, 6.07) is 7.04. The van der Waals surface area contributed by atoms with Crippen LogP contribution in [0.3, 0.4) is 0 Å². The van der Waals surface area contributed by atoms with E-state index in [0.717, 1.165) is 44.9 Å². The monoisotopic (exact) mass is 259 g/mol. The van der Waals surface area contributed by atoms with Crippen LogP contribution in [0.1, 0.15) is 25.0 Å². The fourth-order valence-electron chi connectivity index (χ4n) is 3.32. The molecule has 2 fully saturated rings. The smallest absolute Gasteiger partial charge is 0.117 e. The molecule has 102 valence electrons. The zero-order chi connectivity index (χ0) is 13.1. The Kier molecular flexibility index (Phi) is 3.86. The molecule has 3 heterocycles. The van der Waals surface area contributed by atoms with Crippen LogP contribution >= 0.6 is 0 Å². The molecule has 0 aliphatic carbocycles. The third-order valence-electron chi connectivity index (χ3n) is 4.36. The highest BCUT2D eigenvalue weighted by Crippen LogP contribution is 2.24. The van der Waals surface area contributed by atoms with Crippen molar-refractivity contribution in [1.82, 2.24) is 9.80 Å². The molecule has 19 heavy (non-hydrogen) atoms. The maximum absolute atomic E-state index is 9.01. The predicted molar refractivity (Wildman–Crippen MR) is 72.3 cm³/mol. The molecule has 2 atom stereocenters. The summed E-state index contributed by atoms with van der Waals surface area (Å²) in [6.45, 7) is 5.25. The van der Waals surface area contributed by atoms with E-state index in [9.17, 15) is 0 Å². The number of rotatable bonds is 3. The van der Waals surface area contributed by atoms with Crippen molar-refractivity contribution in [2.45, 2.75) is 31.8 Å². The van der Waals surface area contributed by atoms with Crippen molar-refractivity contribution >= 4 is 0 Å². The standard InChI is InChI=1S/C15H21N3O/c16-9-13-5-7-18(10-13)14-3-1-6-17(11-14)12-15-4-2-8-19-15/h2,4,8,13-14H,1,3,5-7,10-12H2. The topological polar surface area (TPSA) is 43.4 Å². The first-order chi connectivity index (χ1) is 9.35. The fourth-order valence-corrected chi connectivity index (χ4v) is 3.32. The fraction of sp³-hybridized carbons (Fsp3) is 0.667. The molecule has 0 aromatic carbocycles. The lowest BCUT2D eigenvalue weighted by molar-refractivity contribution is 0.104. The van der Waals surface area contributed by atoms with E-state index < -0.39 is 0 Å². The van der Waals surface area contributed by atoms with Crippen molar-refractivity contribution in [3.05, 3.63) is 24.2 Å². The Balaban J connectivity index is 1.55. The van der Waals surface area contributed by atoms with Gasteiger partial charge in [0.2, 0.25) is 0 Å². The van der Waals surface area contributed by atoms with Gasteiger partial charge in [-0.25, -0.2) is 0 Å². The molecule has 0 saturated carbocycles. The van der Waals surface area contributed by atoms with E-state index in [1.807, 2.05) is 12.1 Å². The number of nitriles is 1. The first-order valence-corrected chi connectivity index (χ1v) is 7.23. The second-order valence-electron chi connectivity index (χ2n) is 5.72. The van der Waals surface area contributed by atoms with Crippen LogP contribution in [0, 0.1) is 17.2 Å². The Morgan fingerprint density at radius 3 is 3.00 bits per heavy atom. The minimum atomic E-state index is 0.250. The molecule has 0 N–H and O–H groups in total. The third-order valence-corrected chi connectivity index (χ3v) is 4.36. The van der Waals surface area contributed by atoms with Crippen molar-refractivity contribution in [2.75, 3.05) is 26.2 Å². The zero-order valence-corrected chi connectivity index (χ0v) is 11.3. The SMILES string of the molecule is N#CC1CCN(C2CCCN(Cc3ccco3)C2)C1. The van der Waals surface area contributed by atoms with Crippen LogP contribution in [0.4, 0.5) is 0 Å². The Bertz CT molecular complexity index is 437. The first kappa shape index (κ1) is 12.7. The summed E-state index contributed by atoms with van der Waals surface area (Å²) in [5, 5.41) is 9.01. The average Bonchev–Trinajstić information content (AvgIpc) is 3.09. The van der Waals surface area contributed by atoms with Gasteiger partial charge in [0.05, 0.1) is 24.8 Å². The van der Waals surface area contributed by atoms with Gasteiger partial charge in [0.15, 0.2) is 0 Å². The lowest BCUT2D eigenvalue weighted by Gasteiger charge is -2.37. The molecule has 3 rings (SSSR count). The summed E-state index contributed by atoms with van der Waals surface area (Å²) in [7, 11) is 0. The molecule has 0 bridgehead atoms.